The van der Waals surface area contributed by atoms with E-state index in [1.807, 2.05) is 30.3 Å². The number of nitrogens with one attached hydrogen (secondary N) is 1. The number of methoxy groups -OCH3 is 1. The second-order valence-corrected chi connectivity index (χ2v) is 7.52. The highest BCUT2D eigenvalue weighted by Crippen LogP contribution is 2.30. The van der Waals surface area contributed by atoms with Crippen LogP contribution < -0.4 is 20.5 Å². The lowest BCUT2D eigenvalue weighted by atomic mass is 9.97. The SMILES string of the molecule is COc1cc(C(=O)NC(c2ccccc2)c2ccc(Br)cc2F)ccc1OCC(N)=O. The second kappa shape index (κ2) is 10.1. The highest BCUT2D eigenvalue weighted by molar-refractivity contribution is 9.10. The van der Waals surface area contributed by atoms with Gasteiger partial charge in [0.05, 0.1) is 13.2 Å². The molecule has 0 aromatic heterocycles. The normalized spacial score (nSPS) is 11.5. The van der Waals surface area contributed by atoms with Gasteiger partial charge in [0, 0.05) is 15.6 Å². The van der Waals surface area contributed by atoms with E-state index in [1.165, 1.54) is 31.4 Å². The smallest absolute Gasteiger partial charge is 0.255 e. The molecule has 1 unspecified atom stereocenters. The molecule has 0 fully saturated rings. The van der Waals surface area contributed by atoms with Crippen LogP contribution in [-0.2, 0) is 4.79 Å². The molecule has 160 valence electrons. The van der Waals surface area contributed by atoms with Crippen molar-refractivity contribution in [3.63, 3.8) is 0 Å². The van der Waals surface area contributed by atoms with E-state index in [9.17, 15) is 14.0 Å². The van der Waals surface area contributed by atoms with Crippen molar-refractivity contribution in [1.29, 1.82) is 0 Å². The zero-order valence-electron chi connectivity index (χ0n) is 16.6. The lowest BCUT2D eigenvalue weighted by molar-refractivity contribution is -0.119. The fourth-order valence-electron chi connectivity index (χ4n) is 3.01. The van der Waals surface area contributed by atoms with Crippen LogP contribution in [0.2, 0.25) is 0 Å². The molecule has 31 heavy (non-hydrogen) atoms. The number of hydrogen-bond donors (Lipinski definition) is 2. The standard InChI is InChI=1S/C23H20BrFN2O4/c1-30-20-11-15(7-10-19(20)31-13-21(26)28)23(29)27-22(14-5-3-2-4-6-14)17-9-8-16(24)12-18(17)25/h2-12,22H,13H2,1H3,(H2,26,28)(H,27,29). The molecule has 0 saturated carbocycles. The number of hydrogen-bond acceptors (Lipinski definition) is 4. The van der Waals surface area contributed by atoms with Gasteiger partial charge in [-0.2, -0.15) is 0 Å². The van der Waals surface area contributed by atoms with Gasteiger partial charge in [0.2, 0.25) is 0 Å². The third-order valence-corrected chi connectivity index (χ3v) is 4.97. The average Bonchev–Trinajstić information content (AvgIpc) is 2.76. The molecule has 2 amide bonds. The van der Waals surface area contributed by atoms with Crippen molar-refractivity contribution < 1.29 is 23.5 Å². The van der Waals surface area contributed by atoms with Crippen LogP contribution >= 0.6 is 15.9 Å². The minimum Gasteiger partial charge on any atom is -0.493 e. The van der Waals surface area contributed by atoms with Gasteiger partial charge in [-0.15, -0.1) is 0 Å². The molecule has 0 aliphatic heterocycles. The molecule has 6 nitrogen and oxygen atoms in total. The number of carbonyl (C=O) groups excluding carboxylic acids is 2. The molecule has 3 aromatic carbocycles. The molecule has 3 rings (SSSR count). The molecule has 8 heteroatoms. The summed E-state index contributed by atoms with van der Waals surface area (Å²) in [5.74, 6) is -0.977. The summed E-state index contributed by atoms with van der Waals surface area (Å²) in [7, 11) is 1.41. The van der Waals surface area contributed by atoms with Crippen LogP contribution in [0, 0.1) is 5.82 Å². The van der Waals surface area contributed by atoms with Gasteiger partial charge in [-0.05, 0) is 35.9 Å². The maximum Gasteiger partial charge on any atom is 0.255 e. The van der Waals surface area contributed by atoms with E-state index in [-0.39, 0.29) is 23.7 Å². The van der Waals surface area contributed by atoms with Crippen molar-refractivity contribution in [3.05, 3.63) is 93.7 Å². The molecule has 1 atom stereocenters. The zero-order chi connectivity index (χ0) is 22.4. The summed E-state index contributed by atoms with van der Waals surface area (Å²) < 4.78 is 25.8. The van der Waals surface area contributed by atoms with Crippen molar-refractivity contribution in [2.45, 2.75) is 6.04 Å². The van der Waals surface area contributed by atoms with Gasteiger partial charge < -0.3 is 20.5 Å². The van der Waals surface area contributed by atoms with Gasteiger partial charge >= 0.3 is 0 Å². The Labute approximate surface area is 187 Å². The highest BCUT2D eigenvalue weighted by atomic mass is 79.9. The van der Waals surface area contributed by atoms with Crippen molar-refractivity contribution in [2.24, 2.45) is 5.73 Å². The Bertz CT molecular complexity index is 1090. The topological polar surface area (TPSA) is 90.7 Å². The maximum atomic E-state index is 14.7. The highest BCUT2D eigenvalue weighted by Gasteiger charge is 2.22. The molecule has 0 saturated heterocycles. The third-order valence-electron chi connectivity index (χ3n) is 4.48. The van der Waals surface area contributed by atoms with Gasteiger partial charge in [-0.25, -0.2) is 4.39 Å². The van der Waals surface area contributed by atoms with Crippen molar-refractivity contribution >= 4 is 27.7 Å². The van der Waals surface area contributed by atoms with Gasteiger partial charge in [0.1, 0.15) is 5.82 Å². The van der Waals surface area contributed by atoms with Crippen LogP contribution in [0.4, 0.5) is 4.39 Å². The number of primary amides is 1. The molecule has 3 N–H and O–H groups in total. The fourth-order valence-corrected chi connectivity index (χ4v) is 3.35. The van der Waals surface area contributed by atoms with Gasteiger partial charge in [-0.3, -0.25) is 9.59 Å². The van der Waals surface area contributed by atoms with Crippen molar-refractivity contribution in [3.8, 4) is 11.5 Å². The summed E-state index contributed by atoms with van der Waals surface area (Å²) >= 11 is 3.25. The number of benzene rings is 3. The Morgan fingerprint density at radius 1 is 1.06 bits per heavy atom. The monoisotopic (exact) mass is 486 g/mol. The lowest BCUT2D eigenvalue weighted by Crippen LogP contribution is -2.30. The predicted molar refractivity (Wildman–Crippen MR) is 118 cm³/mol. The Hall–Kier alpha value is -3.39. The largest absolute Gasteiger partial charge is 0.493 e. The van der Waals surface area contributed by atoms with E-state index < -0.39 is 23.7 Å². The summed E-state index contributed by atoms with van der Waals surface area (Å²) in [5, 5.41) is 2.88. The van der Waals surface area contributed by atoms with Crippen LogP contribution in [0.15, 0.2) is 71.2 Å². The lowest BCUT2D eigenvalue weighted by Gasteiger charge is -2.21. The van der Waals surface area contributed by atoms with Crippen molar-refractivity contribution in [1.82, 2.24) is 5.32 Å². The Morgan fingerprint density at radius 2 is 1.81 bits per heavy atom. The molecule has 0 radical (unpaired) electrons. The number of nitrogens with two attached hydrogens (primary N) is 1. The summed E-state index contributed by atoms with van der Waals surface area (Å²) in [6.07, 6.45) is 0. The summed E-state index contributed by atoms with van der Waals surface area (Å²) in [4.78, 5) is 24.0. The van der Waals surface area contributed by atoms with E-state index in [0.717, 1.165) is 5.56 Å². The summed E-state index contributed by atoms with van der Waals surface area (Å²) in [6.45, 7) is -0.319. The van der Waals surface area contributed by atoms with Gasteiger partial charge in [0.25, 0.3) is 11.8 Å². The van der Waals surface area contributed by atoms with Crippen LogP contribution in [0.3, 0.4) is 0 Å². The minimum absolute atomic E-state index is 0.264. The molecule has 0 aliphatic rings. The number of rotatable bonds is 8. The van der Waals surface area contributed by atoms with E-state index in [0.29, 0.717) is 10.0 Å². The van der Waals surface area contributed by atoms with Crippen LogP contribution in [0.25, 0.3) is 0 Å². The Morgan fingerprint density at radius 3 is 2.45 bits per heavy atom. The van der Waals surface area contributed by atoms with E-state index in [1.54, 1.807) is 12.1 Å². The summed E-state index contributed by atoms with van der Waals surface area (Å²) in [5.41, 5.74) is 6.43. The molecule has 0 heterocycles. The number of carbonyl (C=O) groups is 2. The third kappa shape index (κ3) is 5.61. The first-order valence-electron chi connectivity index (χ1n) is 9.29. The van der Waals surface area contributed by atoms with E-state index in [4.69, 9.17) is 15.2 Å². The van der Waals surface area contributed by atoms with Gasteiger partial charge in [-0.1, -0.05) is 52.3 Å². The molecule has 0 spiro atoms. The predicted octanol–water partition coefficient (Wildman–Crippen LogP) is 3.98. The second-order valence-electron chi connectivity index (χ2n) is 6.60. The first kappa shape index (κ1) is 22.3. The van der Waals surface area contributed by atoms with E-state index >= 15 is 0 Å². The number of ether oxygens (including phenoxy) is 2. The van der Waals surface area contributed by atoms with Crippen LogP contribution in [-0.4, -0.2) is 25.5 Å². The number of amides is 2. The molecular formula is C23H20BrFN2O4. The maximum absolute atomic E-state index is 14.7. The van der Waals surface area contributed by atoms with Gasteiger partial charge in [0.15, 0.2) is 18.1 Å². The van der Waals surface area contributed by atoms with Crippen molar-refractivity contribution in [2.75, 3.05) is 13.7 Å². The molecule has 0 aliphatic carbocycles. The molecule has 3 aromatic rings. The first-order chi connectivity index (χ1) is 14.9. The van der Waals surface area contributed by atoms with Crippen LogP contribution in [0.1, 0.15) is 27.5 Å². The summed E-state index contributed by atoms with van der Waals surface area (Å²) in [6, 6.07) is 17.6. The first-order valence-corrected chi connectivity index (χ1v) is 10.1. The zero-order valence-corrected chi connectivity index (χ0v) is 18.2. The van der Waals surface area contributed by atoms with E-state index in [2.05, 4.69) is 21.2 Å². The van der Waals surface area contributed by atoms with Crippen LogP contribution in [0.5, 0.6) is 11.5 Å². The number of halogens is 2. The minimum atomic E-state index is -0.710. The Kier molecular flexibility index (Phi) is 7.25. The average molecular weight is 487 g/mol. The molecule has 0 bridgehead atoms. The Balaban J connectivity index is 1.91. The fraction of sp³-hybridized carbons (Fsp3) is 0.130. The molecular weight excluding hydrogens is 467 g/mol. The quantitative estimate of drug-likeness (QED) is 0.503.